The summed E-state index contributed by atoms with van der Waals surface area (Å²) >= 11 is 0. The summed E-state index contributed by atoms with van der Waals surface area (Å²) in [6, 6.07) is 5.76. The smallest absolute Gasteiger partial charge is 0.418 e. The summed E-state index contributed by atoms with van der Waals surface area (Å²) in [6.07, 6.45) is 1.39. The molecule has 0 aliphatic heterocycles. The first-order chi connectivity index (χ1) is 11.0. The normalized spacial score (nSPS) is 11.0. The molecular formula is C12H13BF5N3O3. The van der Waals surface area contributed by atoms with Crippen LogP contribution in [0.15, 0.2) is 30.5 Å². The third-order valence-corrected chi connectivity index (χ3v) is 2.76. The Morgan fingerprint density at radius 1 is 1.25 bits per heavy atom. The maximum atomic E-state index is 12.9. The van der Waals surface area contributed by atoms with Gasteiger partial charge in [-0.1, -0.05) is 0 Å². The summed E-state index contributed by atoms with van der Waals surface area (Å²) in [7, 11) is -2.91. The Morgan fingerprint density at radius 2 is 1.75 bits per heavy atom. The third-order valence-electron chi connectivity index (χ3n) is 2.76. The van der Waals surface area contributed by atoms with Crippen molar-refractivity contribution >= 4 is 13.1 Å². The van der Waals surface area contributed by atoms with Crippen LogP contribution in [0.1, 0.15) is 0 Å². The number of aromatic nitrogens is 2. The lowest BCUT2D eigenvalue weighted by Crippen LogP contribution is -2.32. The van der Waals surface area contributed by atoms with Crippen molar-refractivity contribution < 1.29 is 35.9 Å². The van der Waals surface area contributed by atoms with Gasteiger partial charge in [0.05, 0.1) is 5.56 Å². The van der Waals surface area contributed by atoms with Crippen molar-refractivity contribution in [3.63, 3.8) is 0 Å². The number of methoxy groups -OCH3 is 1. The minimum Gasteiger partial charge on any atom is -0.418 e. The Kier molecular flexibility index (Phi) is 6.40. The van der Waals surface area contributed by atoms with Crippen molar-refractivity contribution in [3.05, 3.63) is 46.4 Å². The highest BCUT2D eigenvalue weighted by atomic mass is 19.5. The molecule has 0 amide bonds. The van der Waals surface area contributed by atoms with E-state index in [9.17, 15) is 31.8 Å². The van der Waals surface area contributed by atoms with Gasteiger partial charge in [0.15, 0.2) is 6.20 Å². The summed E-state index contributed by atoms with van der Waals surface area (Å²) in [5.74, 6) is 0.163. The molecule has 0 N–H and O–H groups in total. The van der Waals surface area contributed by atoms with E-state index in [1.54, 1.807) is 23.7 Å². The molecule has 24 heavy (non-hydrogen) atoms. The van der Waals surface area contributed by atoms with E-state index in [4.69, 9.17) is 4.74 Å². The Bertz CT molecular complexity index is 697. The molecule has 0 bridgehead atoms. The van der Waals surface area contributed by atoms with Crippen molar-refractivity contribution in [1.29, 1.82) is 0 Å². The van der Waals surface area contributed by atoms with Gasteiger partial charge in [0.1, 0.15) is 24.5 Å². The molecule has 0 radical (unpaired) electrons. The van der Waals surface area contributed by atoms with Gasteiger partial charge in [-0.05, 0) is 24.3 Å². The highest BCUT2D eigenvalue weighted by Gasteiger charge is 2.30. The van der Waals surface area contributed by atoms with Crippen molar-refractivity contribution in [2.24, 2.45) is 7.05 Å². The van der Waals surface area contributed by atoms with E-state index in [2.05, 4.69) is 0 Å². The van der Waals surface area contributed by atoms with Crippen LogP contribution >= 0.6 is 0 Å². The quantitative estimate of drug-likeness (QED) is 0.279. The molecule has 0 aliphatic carbocycles. The van der Waals surface area contributed by atoms with E-state index in [-0.39, 0.29) is 18.4 Å². The second kappa shape index (κ2) is 7.86. The Hall–Kier alpha value is -2.50. The molecule has 132 valence electrons. The van der Waals surface area contributed by atoms with Crippen molar-refractivity contribution in [2.75, 3.05) is 7.11 Å². The van der Waals surface area contributed by atoms with Gasteiger partial charge in [-0.3, -0.25) is 14.7 Å². The van der Waals surface area contributed by atoms with Gasteiger partial charge in [-0.2, -0.15) is 0 Å². The lowest BCUT2D eigenvalue weighted by molar-refractivity contribution is -0.705. The highest BCUT2D eigenvalue weighted by molar-refractivity contribution is 6.50. The summed E-state index contributed by atoms with van der Waals surface area (Å²) in [4.78, 5) is 10.5. The zero-order chi connectivity index (χ0) is 18.5. The number of hydrogen-bond donors (Lipinski definition) is 0. The maximum Gasteiger partial charge on any atom is 0.673 e. The molecule has 12 heteroatoms. The number of rotatable bonds is 4. The van der Waals surface area contributed by atoms with Gasteiger partial charge in [0, 0.05) is 7.11 Å². The average Bonchev–Trinajstić information content (AvgIpc) is 2.76. The number of nitro groups is 1. The number of hydrogen-bond acceptors (Lipinski definition) is 3. The van der Waals surface area contributed by atoms with Crippen LogP contribution in [-0.2, 0) is 18.5 Å². The van der Waals surface area contributed by atoms with Crippen LogP contribution in [0.2, 0.25) is 0 Å². The van der Waals surface area contributed by atoms with Crippen LogP contribution in [0.3, 0.4) is 0 Å². The van der Waals surface area contributed by atoms with Gasteiger partial charge < -0.3 is 22.0 Å². The molecule has 0 fully saturated rings. The predicted octanol–water partition coefficient (Wildman–Crippen LogP) is 2.93. The Labute approximate surface area is 133 Å². The molecule has 0 aliphatic rings. The van der Waals surface area contributed by atoms with Crippen molar-refractivity contribution in [1.82, 2.24) is 4.57 Å². The van der Waals surface area contributed by atoms with Crippen LogP contribution in [0, 0.1) is 15.9 Å². The van der Waals surface area contributed by atoms with Crippen molar-refractivity contribution in [2.45, 2.75) is 6.73 Å². The van der Waals surface area contributed by atoms with Gasteiger partial charge in [-0.25, -0.2) is 4.39 Å². The molecule has 2 aromatic rings. The molecule has 0 unspecified atom stereocenters. The third kappa shape index (κ3) is 5.61. The molecule has 6 nitrogen and oxygen atoms in total. The zero-order valence-electron chi connectivity index (χ0n) is 12.6. The lowest BCUT2D eigenvalue weighted by atomic mass is 10.2. The van der Waals surface area contributed by atoms with Crippen LogP contribution < -0.4 is 4.57 Å². The van der Waals surface area contributed by atoms with Gasteiger partial charge >= 0.3 is 13.1 Å². The van der Waals surface area contributed by atoms with Crippen LogP contribution in [-0.4, -0.2) is 23.9 Å². The van der Waals surface area contributed by atoms with Crippen molar-refractivity contribution in [3.8, 4) is 11.4 Å². The molecule has 1 heterocycles. The monoisotopic (exact) mass is 353 g/mol. The number of nitrogens with zero attached hydrogens (tertiary/aromatic N) is 3. The van der Waals surface area contributed by atoms with Crippen LogP contribution in [0.4, 0.5) is 27.5 Å². The number of imidazole rings is 1. The fourth-order valence-corrected chi connectivity index (χ4v) is 1.95. The van der Waals surface area contributed by atoms with E-state index in [0.29, 0.717) is 11.4 Å². The molecule has 2 rings (SSSR count). The number of ether oxygens (including phenoxy) is 1. The van der Waals surface area contributed by atoms with E-state index in [1.165, 1.54) is 30.0 Å². The zero-order valence-corrected chi connectivity index (χ0v) is 12.6. The molecule has 1 aromatic heterocycles. The minimum absolute atomic E-state index is 0.0589. The Morgan fingerprint density at radius 3 is 2.17 bits per heavy atom. The second-order valence-electron chi connectivity index (χ2n) is 4.52. The van der Waals surface area contributed by atoms with E-state index < -0.39 is 12.2 Å². The first-order valence-corrected chi connectivity index (χ1v) is 6.40. The van der Waals surface area contributed by atoms with E-state index in [1.807, 2.05) is 0 Å². The SMILES string of the molecule is COCn1cc([N+](=O)[O-])[n+](C)c1-c1ccc(F)cc1.F[B-](F)(F)F. The van der Waals surface area contributed by atoms with Gasteiger partial charge in [0.25, 0.3) is 5.82 Å². The fraction of sp³-hybridized carbons (Fsp3) is 0.250. The molecule has 0 atom stereocenters. The average molecular weight is 353 g/mol. The number of halogens is 5. The first kappa shape index (κ1) is 19.6. The highest BCUT2D eigenvalue weighted by Crippen LogP contribution is 2.20. The largest absolute Gasteiger partial charge is 0.673 e. The molecule has 1 aromatic carbocycles. The van der Waals surface area contributed by atoms with Crippen LogP contribution in [0.25, 0.3) is 11.4 Å². The molecule has 0 saturated heterocycles. The predicted molar refractivity (Wildman–Crippen MR) is 74.9 cm³/mol. The summed E-state index contributed by atoms with van der Waals surface area (Å²) in [6.45, 7) is 0.175. The summed E-state index contributed by atoms with van der Waals surface area (Å²) < 4.78 is 60.0. The topological polar surface area (TPSA) is 61.2 Å². The van der Waals surface area contributed by atoms with Gasteiger partial charge in [0.2, 0.25) is 0 Å². The first-order valence-electron chi connectivity index (χ1n) is 6.40. The van der Waals surface area contributed by atoms with Crippen LogP contribution in [0.5, 0.6) is 0 Å². The van der Waals surface area contributed by atoms with Gasteiger partial charge in [-0.15, -0.1) is 4.57 Å². The number of benzene rings is 1. The lowest BCUT2D eigenvalue weighted by Gasteiger charge is -2.02. The second-order valence-corrected chi connectivity index (χ2v) is 4.52. The van der Waals surface area contributed by atoms with E-state index >= 15 is 0 Å². The fourth-order valence-electron chi connectivity index (χ4n) is 1.95. The molecular weight excluding hydrogens is 340 g/mol. The molecule has 0 spiro atoms. The maximum absolute atomic E-state index is 12.9. The summed E-state index contributed by atoms with van der Waals surface area (Å²) in [5.41, 5.74) is 0.675. The van der Waals surface area contributed by atoms with E-state index in [0.717, 1.165) is 0 Å². The molecule has 0 saturated carbocycles. The summed E-state index contributed by atoms with van der Waals surface area (Å²) in [5, 5.41) is 10.9. The Balaban J connectivity index is 0.000000505. The minimum atomic E-state index is -6.00. The standard InChI is InChI=1S/C12H13FN3O3.BF4/c1-14-11(16(17)18)7-15(8-19-2)12(14)9-3-5-10(13)6-4-9;2-1(3,4)5/h3-7H,8H2,1-2H3;/q+1;-1.